The van der Waals surface area contributed by atoms with Crippen LogP contribution in [0.15, 0.2) is 24.3 Å². The van der Waals surface area contributed by atoms with Crippen molar-refractivity contribution in [3.05, 3.63) is 35.8 Å². The molecule has 0 aliphatic carbocycles. The molecule has 0 amide bonds. The minimum absolute atomic E-state index is 0.0931. The second kappa shape index (κ2) is 5.39. The average Bonchev–Trinajstić information content (AvgIpc) is 2.87. The van der Waals surface area contributed by atoms with E-state index in [2.05, 4.69) is 15.1 Å². The summed E-state index contributed by atoms with van der Waals surface area (Å²) >= 11 is 0. The second-order valence-corrected chi connectivity index (χ2v) is 4.94. The van der Waals surface area contributed by atoms with E-state index in [4.69, 9.17) is 0 Å². The molecule has 0 spiro atoms. The first-order valence-electron chi connectivity index (χ1n) is 6.58. The maximum absolute atomic E-state index is 13.0. The summed E-state index contributed by atoms with van der Waals surface area (Å²) in [4.78, 5) is 6.78. The van der Waals surface area contributed by atoms with Gasteiger partial charge in [-0.3, -0.25) is 4.68 Å². The van der Waals surface area contributed by atoms with E-state index in [1.807, 2.05) is 0 Å². The Morgan fingerprint density at radius 3 is 2.46 bits per heavy atom. The molecule has 3 rings (SSSR count). The Labute approximate surface area is 131 Å². The molecule has 5 nitrogen and oxygen atoms in total. The molecule has 3 aromatic rings. The van der Waals surface area contributed by atoms with Crippen LogP contribution in [0.2, 0.25) is 0 Å². The monoisotopic (exact) mass is 344 g/mol. The van der Waals surface area contributed by atoms with Gasteiger partial charge in [-0.05, 0) is 18.2 Å². The first-order valence-corrected chi connectivity index (χ1v) is 6.58. The van der Waals surface area contributed by atoms with Crippen LogP contribution in [0.4, 0.5) is 22.0 Å². The Balaban J connectivity index is 2.35. The van der Waals surface area contributed by atoms with Gasteiger partial charge in [-0.25, -0.2) is 18.7 Å². The van der Waals surface area contributed by atoms with Gasteiger partial charge >= 0.3 is 6.18 Å². The molecule has 0 fully saturated rings. The van der Waals surface area contributed by atoms with Crippen LogP contribution in [0, 0.1) is 0 Å². The molecule has 24 heavy (non-hydrogen) atoms. The number of halogens is 5. The highest BCUT2D eigenvalue weighted by Gasteiger charge is 2.36. The maximum atomic E-state index is 13.0. The van der Waals surface area contributed by atoms with Crippen molar-refractivity contribution in [2.24, 2.45) is 7.05 Å². The van der Waals surface area contributed by atoms with E-state index in [0.717, 1.165) is 10.7 Å². The molecule has 1 N–H and O–H groups in total. The minimum atomic E-state index is -4.84. The van der Waals surface area contributed by atoms with Crippen molar-refractivity contribution in [2.75, 3.05) is 0 Å². The Morgan fingerprint density at radius 2 is 1.88 bits per heavy atom. The molecule has 0 radical (unpaired) electrons. The van der Waals surface area contributed by atoms with Crippen molar-refractivity contribution in [3.8, 4) is 17.1 Å². The lowest BCUT2D eigenvalue weighted by atomic mass is 10.1. The highest BCUT2D eigenvalue weighted by Crippen LogP contribution is 2.36. The lowest BCUT2D eigenvalue weighted by molar-refractivity contribution is -0.144. The predicted molar refractivity (Wildman–Crippen MR) is 73.4 cm³/mol. The lowest BCUT2D eigenvalue weighted by Gasteiger charge is -2.10. The maximum Gasteiger partial charge on any atom is 0.451 e. The number of alkyl halides is 5. The van der Waals surface area contributed by atoms with Gasteiger partial charge in [0.25, 0.3) is 6.43 Å². The molecule has 0 atom stereocenters. The largest absolute Gasteiger partial charge is 0.507 e. The molecule has 0 aliphatic heterocycles. The predicted octanol–water partition coefficient (Wildman–Crippen LogP) is 3.69. The van der Waals surface area contributed by atoms with Gasteiger partial charge in [-0.1, -0.05) is 6.07 Å². The normalized spacial score (nSPS) is 12.3. The third kappa shape index (κ3) is 2.63. The Bertz CT molecular complexity index is 919. The number of phenols is 1. The number of nitrogens with zero attached hydrogens (tertiary/aromatic N) is 4. The topological polar surface area (TPSA) is 63.8 Å². The van der Waals surface area contributed by atoms with Gasteiger partial charge in [0.2, 0.25) is 5.82 Å². The fourth-order valence-electron chi connectivity index (χ4n) is 2.28. The zero-order valence-corrected chi connectivity index (χ0v) is 12.0. The van der Waals surface area contributed by atoms with Gasteiger partial charge in [0.15, 0.2) is 0 Å². The van der Waals surface area contributed by atoms with E-state index >= 15 is 0 Å². The van der Waals surface area contributed by atoms with Crippen LogP contribution in [0.25, 0.3) is 22.3 Å². The summed E-state index contributed by atoms with van der Waals surface area (Å²) in [6.45, 7) is 0. The van der Waals surface area contributed by atoms with Gasteiger partial charge in [-0.15, -0.1) is 0 Å². The number of hydrogen-bond acceptors (Lipinski definition) is 4. The van der Waals surface area contributed by atoms with E-state index in [9.17, 15) is 27.1 Å². The molecule has 10 heteroatoms. The summed E-state index contributed by atoms with van der Waals surface area (Å²) in [6, 6.07) is 4.74. The summed E-state index contributed by atoms with van der Waals surface area (Å²) in [5.41, 5.74) is -1.24. The highest BCUT2D eigenvalue weighted by atomic mass is 19.4. The zero-order chi connectivity index (χ0) is 17.6. The van der Waals surface area contributed by atoms with Crippen molar-refractivity contribution >= 4 is 10.9 Å². The standard InChI is InChI=1S/C14H9F5N4O/c1-23-8(12(15)16)5-7(22-23)11-10-6(3-2-4-9(10)24)20-13(21-11)14(17,18)19/h2-5,12,24H,1H3. The SMILES string of the molecule is Cn1nc(-c2nc(C(F)(F)F)nc3cccc(O)c23)cc1C(F)F. The average molecular weight is 344 g/mol. The fourth-order valence-corrected chi connectivity index (χ4v) is 2.28. The number of hydrogen-bond donors (Lipinski definition) is 1. The fraction of sp³-hybridized carbons (Fsp3) is 0.214. The second-order valence-electron chi connectivity index (χ2n) is 4.94. The Hall–Kier alpha value is -2.78. The number of fused-ring (bicyclic) bond motifs is 1. The van der Waals surface area contributed by atoms with E-state index in [1.165, 1.54) is 25.2 Å². The number of aromatic nitrogens is 4. The molecule has 0 saturated carbocycles. The number of benzene rings is 1. The number of aryl methyl sites for hydroxylation is 1. The first kappa shape index (κ1) is 16.1. The van der Waals surface area contributed by atoms with E-state index in [0.29, 0.717) is 0 Å². The molecule has 0 bridgehead atoms. The summed E-state index contributed by atoms with van der Waals surface area (Å²) in [5, 5.41) is 13.6. The summed E-state index contributed by atoms with van der Waals surface area (Å²) < 4.78 is 65.6. The summed E-state index contributed by atoms with van der Waals surface area (Å²) in [7, 11) is 1.24. The number of phenolic OH excluding ortho intramolecular Hbond substituents is 1. The van der Waals surface area contributed by atoms with Crippen LogP contribution in [-0.2, 0) is 13.2 Å². The van der Waals surface area contributed by atoms with Gasteiger partial charge in [0, 0.05) is 7.05 Å². The molecule has 126 valence electrons. The van der Waals surface area contributed by atoms with Crippen LogP contribution in [0.5, 0.6) is 5.75 Å². The summed E-state index contributed by atoms with van der Waals surface area (Å²) in [5.74, 6) is -1.82. The van der Waals surface area contributed by atoms with Crippen LogP contribution >= 0.6 is 0 Å². The third-order valence-corrected chi connectivity index (χ3v) is 3.34. The molecule has 0 saturated heterocycles. The van der Waals surface area contributed by atoms with Crippen LogP contribution in [0.1, 0.15) is 17.9 Å². The Morgan fingerprint density at radius 1 is 1.17 bits per heavy atom. The molecule has 0 aliphatic rings. The minimum Gasteiger partial charge on any atom is -0.507 e. The highest BCUT2D eigenvalue weighted by molar-refractivity contribution is 5.96. The Kier molecular flexibility index (Phi) is 3.61. The molecule has 1 aromatic carbocycles. The lowest BCUT2D eigenvalue weighted by Crippen LogP contribution is -2.12. The molecule has 0 unspecified atom stereocenters. The zero-order valence-electron chi connectivity index (χ0n) is 12.0. The first-order chi connectivity index (χ1) is 11.2. The van der Waals surface area contributed by atoms with Gasteiger partial charge in [0.1, 0.15) is 22.8 Å². The van der Waals surface area contributed by atoms with E-state index < -0.39 is 24.1 Å². The van der Waals surface area contributed by atoms with Crippen LogP contribution in [0.3, 0.4) is 0 Å². The van der Waals surface area contributed by atoms with Gasteiger partial charge in [0.05, 0.1) is 10.9 Å². The van der Waals surface area contributed by atoms with E-state index in [-0.39, 0.29) is 28.0 Å². The molecule has 2 heterocycles. The molecular weight excluding hydrogens is 335 g/mol. The number of rotatable bonds is 2. The molecular formula is C14H9F5N4O. The third-order valence-electron chi connectivity index (χ3n) is 3.34. The van der Waals surface area contributed by atoms with Gasteiger partial charge < -0.3 is 5.11 Å². The van der Waals surface area contributed by atoms with Crippen molar-refractivity contribution in [1.29, 1.82) is 0 Å². The van der Waals surface area contributed by atoms with Crippen LogP contribution in [-0.4, -0.2) is 24.9 Å². The van der Waals surface area contributed by atoms with Gasteiger partial charge in [-0.2, -0.15) is 18.3 Å². The smallest absolute Gasteiger partial charge is 0.451 e. The van der Waals surface area contributed by atoms with E-state index in [1.54, 1.807) is 0 Å². The number of aromatic hydroxyl groups is 1. The molecule has 2 aromatic heterocycles. The van der Waals surface area contributed by atoms with Crippen molar-refractivity contribution in [3.63, 3.8) is 0 Å². The quantitative estimate of drug-likeness (QED) is 0.720. The van der Waals surface area contributed by atoms with Crippen LogP contribution < -0.4 is 0 Å². The summed E-state index contributed by atoms with van der Waals surface area (Å²) in [6.07, 6.45) is -7.70. The van der Waals surface area contributed by atoms with Crippen molar-refractivity contribution in [1.82, 2.24) is 19.7 Å². The van der Waals surface area contributed by atoms with Crippen molar-refractivity contribution < 1.29 is 27.1 Å². The van der Waals surface area contributed by atoms with Crippen molar-refractivity contribution in [2.45, 2.75) is 12.6 Å².